The Morgan fingerprint density at radius 2 is 1.89 bits per heavy atom. The number of halogens is 1. The van der Waals surface area contributed by atoms with E-state index in [9.17, 15) is 4.79 Å². The molecule has 0 N–H and O–H groups in total. The van der Waals surface area contributed by atoms with Crippen molar-refractivity contribution in [3.63, 3.8) is 0 Å². The number of benzene rings is 1. The summed E-state index contributed by atoms with van der Waals surface area (Å²) in [6, 6.07) is 11.6. The predicted molar refractivity (Wildman–Crippen MR) is 73.3 cm³/mol. The molecule has 4 heteroatoms. The van der Waals surface area contributed by atoms with Crippen LogP contribution in [0.4, 0.5) is 0 Å². The topological polar surface area (TPSA) is 25.2 Å². The number of nitrogens with zero attached hydrogens (tertiary/aromatic N) is 2. The van der Waals surface area contributed by atoms with Gasteiger partial charge in [0.2, 0.25) is 0 Å². The molecule has 1 amide bonds. The van der Waals surface area contributed by atoms with E-state index in [1.165, 1.54) is 5.69 Å². The largest absolute Gasteiger partial charge is 0.348 e. The Hall–Kier alpha value is -1.55. The third-order valence-corrected chi connectivity index (χ3v) is 3.79. The summed E-state index contributed by atoms with van der Waals surface area (Å²) < 4.78 is 3.19. The highest BCUT2D eigenvalue weighted by atomic mass is 79.9. The second-order valence-electron chi connectivity index (χ2n) is 4.43. The summed E-state index contributed by atoms with van der Waals surface area (Å²) in [6.07, 6.45) is 2.07. The molecule has 2 aromatic rings. The van der Waals surface area contributed by atoms with Crippen molar-refractivity contribution in [3.8, 4) is 0 Å². The number of fused-ring (bicyclic) bond motifs is 1. The van der Waals surface area contributed by atoms with Gasteiger partial charge in [0, 0.05) is 35.0 Å². The molecule has 92 valence electrons. The summed E-state index contributed by atoms with van der Waals surface area (Å²) in [5, 5.41) is 0. The van der Waals surface area contributed by atoms with Gasteiger partial charge in [-0.25, -0.2) is 0 Å². The van der Waals surface area contributed by atoms with E-state index in [-0.39, 0.29) is 5.91 Å². The molecule has 1 aromatic carbocycles. The molecular weight excluding hydrogens is 292 g/mol. The SMILES string of the molecule is O=C(c1ccc(Br)cc1)N1CCn2cccc2C1. The number of carbonyl (C=O) groups is 1. The lowest BCUT2D eigenvalue weighted by Crippen LogP contribution is -2.37. The Morgan fingerprint density at radius 3 is 2.67 bits per heavy atom. The van der Waals surface area contributed by atoms with Crippen LogP contribution in [0.3, 0.4) is 0 Å². The molecule has 3 nitrogen and oxygen atoms in total. The van der Waals surface area contributed by atoms with Gasteiger partial charge in [0.05, 0.1) is 6.54 Å². The van der Waals surface area contributed by atoms with Crippen LogP contribution < -0.4 is 0 Å². The van der Waals surface area contributed by atoms with Crippen molar-refractivity contribution in [3.05, 3.63) is 58.3 Å². The molecular formula is C14H13BrN2O. The van der Waals surface area contributed by atoms with Crippen molar-refractivity contribution in [2.45, 2.75) is 13.1 Å². The molecule has 1 aliphatic heterocycles. The van der Waals surface area contributed by atoms with Crippen LogP contribution in [0.15, 0.2) is 47.1 Å². The monoisotopic (exact) mass is 304 g/mol. The second kappa shape index (κ2) is 4.61. The summed E-state index contributed by atoms with van der Waals surface area (Å²) in [6.45, 7) is 2.35. The van der Waals surface area contributed by atoms with E-state index in [0.717, 1.165) is 23.1 Å². The summed E-state index contributed by atoms with van der Waals surface area (Å²) >= 11 is 3.38. The average molecular weight is 305 g/mol. The predicted octanol–water partition coefficient (Wildman–Crippen LogP) is 2.91. The zero-order chi connectivity index (χ0) is 12.5. The Balaban J connectivity index is 1.80. The van der Waals surface area contributed by atoms with Crippen LogP contribution in [-0.2, 0) is 13.1 Å². The van der Waals surface area contributed by atoms with E-state index in [0.29, 0.717) is 6.54 Å². The lowest BCUT2D eigenvalue weighted by atomic mass is 10.2. The zero-order valence-corrected chi connectivity index (χ0v) is 11.4. The van der Waals surface area contributed by atoms with Gasteiger partial charge in [0.25, 0.3) is 5.91 Å². The summed E-state index contributed by atoms with van der Waals surface area (Å²) in [5.41, 5.74) is 1.95. The zero-order valence-electron chi connectivity index (χ0n) is 9.84. The number of hydrogen-bond acceptors (Lipinski definition) is 1. The first-order chi connectivity index (χ1) is 8.74. The van der Waals surface area contributed by atoms with Gasteiger partial charge in [-0.3, -0.25) is 4.79 Å². The molecule has 0 saturated carbocycles. The maximum atomic E-state index is 12.3. The number of amides is 1. The highest BCUT2D eigenvalue weighted by molar-refractivity contribution is 9.10. The van der Waals surface area contributed by atoms with Gasteiger partial charge in [-0.15, -0.1) is 0 Å². The van der Waals surface area contributed by atoms with Crippen molar-refractivity contribution in [2.24, 2.45) is 0 Å². The average Bonchev–Trinajstić information content (AvgIpc) is 2.86. The molecule has 0 aliphatic carbocycles. The fourth-order valence-electron chi connectivity index (χ4n) is 2.26. The normalized spacial score (nSPS) is 14.4. The van der Waals surface area contributed by atoms with Gasteiger partial charge in [0.1, 0.15) is 0 Å². The Labute approximate surface area is 114 Å². The first-order valence-corrected chi connectivity index (χ1v) is 6.72. The second-order valence-corrected chi connectivity index (χ2v) is 5.34. The van der Waals surface area contributed by atoms with Crippen molar-refractivity contribution in [1.82, 2.24) is 9.47 Å². The smallest absolute Gasteiger partial charge is 0.254 e. The van der Waals surface area contributed by atoms with Gasteiger partial charge in [-0.2, -0.15) is 0 Å². The lowest BCUT2D eigenvalue weighted by Gasteiger charge is -2.28. The summed E-state index contributed by atoms with van der Waals surface area (Å²) in [5.74, 6) is 0.106. The van der Waals surface area contributed by atoms with Gasteiger partial charge in [-0.1, -0.05) is 15.9 Å². The minimum Gasteiger partial charge on any atom is -0.348 e. The maximum absolute atomic E-state index is 12.3. The number of aromatic nitrogens is 1. The fourth-order valence-corrected chi connectivity index (χ4v) is 2.53. The molecule has 2 heterocycles. The number of rotatable bonds is 1. The van der Waals surface area contributed by atoms with Crippen molar-refractivity contribution in [2.75, 3.05) is 6.54 Å². The van der Waals surface area contributed by atoms with Crippen LogP contribution in [0.5, 0.6) is 0 Å². The lowest BCUT2D eigenvalue weighted by molar-refractivity contribution is 0.0711. The van der Waals surface area contributed by atoms with E-state index < -0.39 is 0 Å². The van der Waals surface area contributed by atoms with E-state index in [2.05, 4.69) is 32.8 Å². The van der Waals surface area contributed by atoms with Crippen LogP contribution in [0.1, 0.15) is 16.1 Å². The Morgan fingerprint density at radius 1 is 1.11 bits per heavy atom. The van der Waals surface area contributed by atoms with Crippen LogP contribution in [0.2, 0.25) is 0 Å². The van der Waals surface area contributed by atoms with E-state index in [1.54, 1.807) is 0 Å². The van der Waals surface area contributed by atoms with E-state index in [1.807, 2.05) is 35.2 Å². The number of hydrogen-bond donors (Lipinski definition) is 0. The maximum Gasteiger partial charge on any atom is 0.254 e. The van der Waals surface area contributed by atoms with Gasteiger partial charge >= 0.3 is 0 Å². The van der Waals surface area contributed by atoms with Crippen molar-refractivity contribution < 1.29 is 4.79 Å². The Kier molecular flexibility index (Phi) is 2.96. The van der Waals surface area contributed by atoms with E-state index in [4.69, 9.17) is 0 Å². The van der Waals surface area contributed by atoms with Crippen molar-refractivity contribution in [1.29, 1.82) is 0 Å². The fraction of sp³-hybridized carbons (Fsp3) is 0.214. The minimum atomic E-state index is 0.106. The Bertz CT molecular complexity index is 574. The molecule has 3 rings (SSSR count). The molecule has 0 bridgehead atoms. The molecule has 1 aliphatic rings. The molecule has 0 fully saturated rings. The van der Waals surface area contributed by atoms with Crippen molar-refractivity contribution >= 4 is 21.8 Å². The third kappa shape index (κ3) is 2.08. The highest BCUT2D eigenvalue weighted by Gasteiger charge is 2.20. The third-order valence-electron chi connectivity index (χ3n) is 3.27. The molecule has 0 atom stereocenters. The van der Waals surface area contributed by atoms with Crippen LogP contribution in [0, 0.1) is 0 Å². The van der Waals surface area contributed by atoms with Gasteiger partial charge in [-0.05, 0) is 36.4 Å². The quantitative estimate of drug-likeness (QED) is 0.795. The van der Waals surface area contributed by atoms with Crippen LogP contribution >= 0.6 is 15.9 Å². The minimum absolute atomic E-state index is 0.106. The molecule has 0 unspecified atom stereocenters. The summed E-state index contributed by atoms with van der Waals surface area (Å²) in [4.78, 5) is 14.2. The molecule has 1 aromatic heterocycles. The molecule has 0 spiro atoms. The number of carbonyl (C=O) groups excluding carboxylic acids is 1. The molecule has 18 heavy (non-hydrogen) atoms. The van der Waals surface area contributed by atoms with Gasteiger partial charge in [0.15, 0.2) is 0 Å². The molecule has 0 radical (unpaired) electrons. The van der Waals surface area contributed by atoms with E-state index >= 15 is 0 Å². The highest BCUT2D eigenvalue weighted by Crippen LogP contribution is 2.17. The van der Waals surface area contributed by atoms with Crippen LogP contribution in [0.25, 0.3) is 0 Å². The van der Waals surface area contributed by atoms with Gasteiger partial charge < -0.3 is 9.47 Å². The van der Waals surface area contributed by atoms with Crippen LogP contribution in [-0.4, -0.2) is 21.9 Å². The summed E-state index contributed by atoms with van der Waals surface area (Å²) in [7, 11) is 0. The standard InChI is InChI=1S/C14H13BrN2O/c15-12-5-3-11(4-6-12)14(18)17-9-8-16-7-1-2-13(16)10-17/h1-7H,8-10H2. The first-order valence-electron chi connectivity index (χ1n) is 5.93. The first kappa shape index (κ1) is 11.5. The molecule has 0 saturated heterocycles.